The van der Waals surface area contributed by atoms with Crippen molar-refractivity contribution in [2.75, 3.05) is 7.11 Å². The predicted molar refractivity (Wildman–Crippen MR) is 61.5 cm³/mol. The maximum Gasteiger partial charge on any atom is 0.270 e. The Bertz CT molecular complexity index is 379. The molecule has 1 aromatic rings. The molecule has 1 unspecified atom stereocenters. The molecule has 16 heavy (non-hydrogen) atoms. The molecule has 5 nitrogen and oxygen atoms in total. The fourth-order valence-electron chi connectivity index (χ4n) is 1.59. The standard InChI is InChI=1S/C11H16N2O3/c1-3-4-10(12)9-7-8(13(14)15)5-6-11(9)16-2/h5-7,10H,3-4,12H2,1-2H3. The molecule has 0 aliphatic rings. The Morgan fingerprint density at radius 2 is 2.25 bits per heavy atom. The molecule has 0 aliphatic carbocycles. The number of nitrogens with zero attached hydrogens (tertiary/aromatic N) is 1. The third kappa shape index (κ3) is 2.70. The number of nitro benzene ring substituents is 1. The van der Waals surface area contributed by atoms with Crippen molar-refractivity contribution in [2.24, 2.45) is 5.73 Å². The van der Waals surface area contributed by atoms with E-state index in [1.54, 1.807) is 6.07 Å². The number of rotatable bonds is 5. The van der Waals surface area contributed by atoms with Gasteiger partial charge in [-0.2, -0.15) is 0 Å². The van der Waals surface area contributed by atoms with Crippen LogP contribution in [0.15, 0.2) is 18.2 Å². The highest BCUT2D eigenvalue weighted by Crippen LogP contribution is 2.30. The summed E-state index contributed by atoms with van der Waals surface area (Å²) in [6.07, 6.45) is 1.70. The normalized spacial score (nSPS) is 12.2. The number of methoxy groups -OCH3 is 1. The van der Waals surface area contributed by atoms with Crippen LogP contribution in [0.5, 0.6) is 5.75 Å². The Kier molecular flexibility index (Phi) is 4.25. The highest BCUT2D eigenvalue weighted by atomic mass is 16.6. The van der Waals surface area contributed by atoms with Gasteiger partial charge in [0, 0.05) is 23.7 Å². The second-order valence-corrected chi connectivity index (χ2v) is 3.58. The van der Waals surface area contributed by atoms with Crippen LogP contribution in [0, 0.1) is 10.1 Å². The van der Waals surface area contributed by atoms with E-state index in [-0.39, 0.29) is 11.7 Å². The van der Waals surface area contributed by atoms with E-state index in [0.717, 1.165) is 12.8 Å². The molecule has 0 spiro atoms. The molecule has 0 aromatic heterocycles. The zero-order valence-electron chi connectivity index (χ0n) is 9.47. The topological polar surface area (TPSA) is 78.4 Å². The van der Waals surface area contributed by atoms with Gasteiger partial charge in [0.05, 0.1) is 12.0 Å². The van der Waals surface area contributed by atoms with Crippen LogP contribution in [0.25, 0.3) is 0 Å². The van der Waals surface area contributed by atoms with Crippen molar-refractivity contribution in [1.82, 2.24) is 0 Å². The lowest BCUT2D eigenvalue weighted by Crippen LogP contribution is -2.11. The van der Waals surface area contributed by atoms with E-state index < -0.39 is 4.92 Å². The molecule has 0 saturated heterocycles. The van der Waals surface area contributed by atoms with E-state index in [9.17, 15) is 10.1 Å². The third-order valence-corrected chi connectivity index (χ3v) is 2.42. The first-order chi connectivity index (χ1) is 7.60. The fraction of sp³-hybridized carbons (Fsp3) is 0.455. The quantitative estimate of drug-likeness (QED) is 0.615. The largest absolute Gasteiger partial charge is 0.496 e. The van der Waals surface area contributed by atoms with Gasteiger partial charge in [0.15, 0.2) is 0 Å². The van der Waals surface area contributed by atoms with Gasteiger partial charge in [-0.3, -0.25) is 10.1 Å². The van der Waals surface area contributed by atoms with Gasteiger partial charge < -0.3 is 10.5 Å². The number of ether oxygens (including phenoxy) is 1. The van der Waals surface area contributed by atoms with Gasteiger partial charge in [0.25, 0.3) is 5.69 Å². The molecular formula is C11H16N2O3. The summed E-state index contributed by atoms with van der Waals surface area (Å²) in [5.41, 5.74) is 6.69. The summed E-state index contributed by atoms with van der Waals surface area (Å²) in [6.45, 7) is 2.02. The zero-order chi connectivity index (χ0) is 12.1. The molecule has 0 saturated carbocycles. The highest BCUT2D eigenvalue weighted by Gasteiger charge is 2.16. The van der Waals surface area contributed by atoms with Crippen LogP contribution < -0.4 is 10.5 Å². The van der Waals surface area contributed by atoms with Crippen molar-refractivity contribution in [3.8, 4) is 5.75 Å². The maximum atomic E-state index is 10.7. The minimum atomic E-state index is -0.429. The smallest absolute Gasteiger partial charge is 0.270 e. The van der Waals surface area contributed by atoms with E-state index in [2.05, 4.69) is 0 Å². The van der Waals surface area contributed by atoms with Gasteiger partial charge in [0.1, 0.15) is 5.75 Å². The number of hydrogen-bond acceptors (Lipinski definition) is 4. The predicted octanol–water partition coefficient (Wildman–Crippen LogP) is 2.40. The fourth-order valence-corrected chi connectivity index (χ4v) is 1.59. The molecule has 2 N–H and O–H groups in total. The van der Waals surface area contributed by atoms with Crippen molar-refractivity contribution in [2.45, 2.75) is 25.8 Å². The van der Waals surface area contributed by atoms with Gasteiger partial charge >= 0.3 is 0 Å². The number of non-ortho nitro benzene ring substituents is 1. The van der Waals surface area contributed by atoms with Crippen LogP contribution in [-0.4, -0.2) is 12.0 Å². The summed E-state index contributed by atoms with van der Waals surface area (Å²) in [7, 11) is 1.53. The first-order valence-corrected chi connectivity index (χ1v) is 5.18. The summed E-state index contributed by atoms with van der Waals surface area (Å²) in [5, 5.41) is 10.7. The second-order valence-electron chi connectivity index (χ2n) is 3.58. The molecular weight excluding hydrogens is 208 g/mol. The number of benzene rings is 1. The van der Waals surface area contributed by atoms with E-state index in [4.69, 9.17) is 10.5 Å². The monoisotopic (exact) mass is 224 g/mol. The first-order valence-electron chi connectivity index (χ1n) is 5.18. The van der Waals surface area contributed by atoms with Crippen LogP contribution in [0.4, 0.5) is 5.69 Å². The lowest BCUT2D eigenvalue weighted by atomic mass is 10.0. The highest BCUT2D eigenvalue weighted by molar-refractivity contribution is 5.45. The Morgan fingerprint density at radius 1 is 1.56 bits per heavy atom. The van der Waals surface area contributed by atoms with Crippen LogP contribution in [0.3, 0.4) is 0 Å². The van der Waals surface area contributed by atoms with Crippen molar-refractivity contribution in [3.05, 3.63) is 33.9 Å². The van der Waals surface area contributed by atoms with E-state index in [1.165, 1.54) is 19.2 Å². The average molecular weight is 224 g/mol. The molecule has 0 heterocycles. The van der Waals surface area contributed by atoms with Crippen molar-refractivity contribution in [1.29, 1.82) is 0 Å². The Balaban J connectivity index is 3.11. The van der Waals surface area contributed by atoms with Crippen LogP contribution in [0.2, 0.25) is 0 Å². The van der Waals surface area contributed by atoms with Crippen LogP contribution in [0.1, 0.15) is 31.4 Å². The molecule has 0 bridgehead atoms. The van der Waals surface area contributed by atoms with E-state index in [0.29, 0.717) is 11.3 Å². The molecule has 1 atom stereocenters. The Morgan fingerprint density at radius 3 is 2.75 bits per heavy atom. The average Bonchev–Trinajstić information content (AvgIpc) is 2.28. The molecule has 88 valence electrons. The van der Waals surface area contributed by atoms with Crippen LogP contribution >= 0.6 is 0 Å². The molecule has 0 amide bonds. The zero-order valence-corrected chi connectivity index (χ0v) is 9.47. The SMILES string of the molecule is CCCC(N)c1cc([N+](=O)[O-])ccc1OC. The third-order valence-electron chi connectivity index (χ3n) is 2.42. The molecule has 0 aliphatic heterocycles. The summed E-state index contributed by atoms with van der Waals surface area (Å²) >= 11 is 0. The first kappa shape index (κ1) is 12.4. The number of hydrogen-bond donors (Lipinski definition) is 1. The minimum Gasteiger partial charge on any atom is -0.496 e. The van der Waals surface area contributed by atoms with Gasteiger partial charge in [-0.25, -0.2) is 0 Å². The van der Waals surface area contributed by atoms with E-state index in [1.807, 2.05) is 6.92 Å². The van der Waals surface area contributed by atoms with Crippen molar-refractivity contribution >= 4 is 5.69 Å². The summed E-state index contributed by atoms with van der Waals surface area (Å²) in [5.74, 6) is 0.603. The molecule has 0 radical (unpaired) electrons. The Hall–Kier alpha value is -1.62. The van der Waals surface area contributed by atoms with E-state index >= 15 is 0 Å². The lowest BCUT2D eigenvalue weighted by molar-refractivity contribution is -0.385. The lowest BCUT2D eigenvalue weighted by Gasteiger charge is -2.14. The summed E-state index contributed by atoms with van der Waals surface area (Å²) in [4.78, 5) is 10.2. The maximum absolute atomic E-state index is 10.7. The molecule has 1 rings (SSSR count). The summed E-state index contributed by atoms with van der Waals surface area (Å²) in [6, 6.07) is 4.27. The van der Waals surface area contributed by atoms with Gasteiger partial charge in [-0.05, 0) is 12.5 Å². The second kappa shape index (κ2) is 5.46. The van der Waals surface area contributed by atoms with Crippen molar-refractivity contribution < 1.29 is 9.66 Å². The number of nitro groups is 1. The molecule has 5 heteroatoms. The summed E-state index contributed by atoms with van der Waals surface area (Å²) < 4.78 is 5.14. The van der Waals surface area contributed by atoms with Gasteiger partial charge in [0.2, 0.25) is 0 Å². The van der Waals surface area contributed by atoms with Crippen molar-refractivity contribution in [3.63, 3.8) is 0 Å². The number of nitrogens with two attached hydrogens (primary N) is 1. The Labute approximate surface area is 94.4 Å². The van der Waals surface area contributed by atoms with Gasteiger partial charge in [-0.15, -0.1) is 0 Å². The minimum absolute atomic E-state index is 0.0438. The molecule has 1 aromatic carbocycles. The molecule has 0 fully saturated rings. The van der Waals surface area contributed by atoms with Crippen LogP contribution in [-0.2, 0) is 0 Å². The van der Waals surface area contributed by atoms with Gasteiger partial charge in [-0.1, -0.05) is 13.3 Å².